The van der Waals surface area contributed by atoms with Gasteiger partial charge in [0.05, 0.1) is 17.1 Å². The monoisotopic (exact) mass is 290 g/mol. The summed E-state index contributed by atoms with van der Waals surface area (Å²) in [5, 5.41) is 12.9. The molecule has 0 aromatic carbocycles. The van der Waals surface area contributed by atoms with Crippen LogP contribution in [0.15, 0.2) is 12.3 Å². The van der Waals surface area contributed by atoms with Crippen molar-refractivity contribution in [2.75, 3.05) is 25.5 Å². The molecule has 0 bridgehead atoms. The summed E-state index contributed by atoms with van der Waals surface area (Å²) in [6.45, 7) is -0.873. The van der Waals surface area contributed by atoms with Crippen LogP contribution in [0.3, 0.4) is 0 Å². The summed E-state index contributed by atoms with van der Waals surface area (Å²) in [6.07, 6.45) is -1.65. The van der Waals surface area contributed by atoms with Crippen molar-refractivity contribution in [2.45, 2.75) is 6.43 Å². The lowest BCUT2D eigenvalue weighted by Gasteiger charge is -2.07. The highest BCUT2D eigenvalue weighted by Crippen LogP contribution is 2.16. The van der Waals surface area contributed by atoms with Gasteiger partial charge in [-0.25, -0.2) is 13.8 Å². The van der Waals surface area contributed by atoms with Gasteiger partial charge in [0.1, 0.15) is 18.6 Å². The molecule has 20 heavy (non-hydrogen) atoms. The Balaban J connectivity index is 2.55. The molecule has 10 heteroatoms. The number of anilines is 1. The number of nitrogens with one attached hydrogen (secondary N) is 1. The van der Waals surface area contributed by atoms with E-state index in [-0.39, 0.29) is 30.2 Å². The number of aromatic nitrogens is 1. The van der Waals surface area contributed by atoms with Crippen LogP contribution < -0.4 is 11.1 Å². The minimum absolute atomic E-state index is 0.0340. The Morgan fingerprint density at radius 1 is 1.60 bits per heavy atom. The van der Waals surface area contributed by atoms with E-state index < -0.39 is 23.9 Å². The Morgan fingerprint density at radius 2 is 2.30 bits per heavy atom. The van der Waals surface area contributed by atoms with Gasteiger partial charge in [-0.1, -0.05) is 0 Å². The summed E-state index contributed by atoms with van der Waals surface area (Å²) in [5.41, 5.74) is 4.90. The Morgan fingerprint density at radius 3 is 2.90 bits per heavy atom. The van der Waals surface area contributed by atoms with E-state index in [4.69, 9.17) is 5.73 Å². The topological polar surface area (TPSA) is 120 Å². The van der Waals surface area contributed by atoms with Crippen molar-refractivity contribution in [1.29, 1.82) is 0 Å². The summed E-state index contributed by atoms with van der Waals surface area (Å²) in [7, 11) is 0. The molecule has 0 aliphatic heterocycles. The quantitative estimate of drug-likeness (QED) is 0.430. The van der Waals surface area contributed by atoms with Gasteiger partial charge in [-0.15, -0.1) is 0 Å². The number of carbonyl (C=O) groups is 1. The lowest BCUT2D eigenvalue weighted by molar-refractivity contribution is -0.385. The first-order valence-corrected chi connectivity index (χ1v) is 5.45. The summed E-state index contributed by atoms with van der Waals surface area (Å²) in [4.78, 5) is 25.1. The Labute approximate surface area is 112 Å². The van der Waals surface area contributed by atoms with E-state index in [2.05, 4.69) is 15.0 Å². The first-order chi connectivity index (χ1) is 9.41. The van der Waals surface area contributed by atoms with E-state index >= 15 is 0 Å². The van der Waals surface area contributed by atoms with Gasteiger partial charge in [0.15, 0.2) is 0 Å². The fourth-order valence-electron chi connectivity index (χ4n) is 1.25. The van der Waals surface area contributed by atoms with Crippen LogP contribution in [-0.4, -0.2) is 42.0 Å². The molecule has 1 heterocycles. The molecule has 110 valence electrons. The van der Waals surface area contributed by atoms with Gasteiger partial charge < -0.3 is 15.8 Å². The first-order valence-electron chi connectivity index (χ1n) is 5.45. The maximum Gasteiger partial charge on any atom is 0.288 e. The molecule has 0 aliphatic carbocycles. The number of halogens is 2. The predicted octanol–water partition coefficient (Wildman–Crippen LogP) is 0.583. The van der Waals surface area contributed by atoms with E-state index in [1.165, 1.54) is 0 Å². The third-order valence-corrected chi connectivity index (χ3v) is 2.14. The number of pyridine rings is 1. The van der Waals surface area contributed by atoms with Gasteiger partial charge in [-0.3, -0.25) is 14.9 Å². The van der Waals surface area contributed by atoms with Crippen LogP contribution in [0.25, 0.3) is 0 Å². The maximum absolute atomic E-state index is 11.8. The van der Waals surface area contributed by atoms with Crippen molar-refractivity contribution in [3.63, 3.8) is 0 Å². The number of ether oxygens (including phenoxy) is 1. The van der Waals surface area contributed by atoms with Crippen LogP contribution >= 0.6 is 0 Å². The van der Waals surface area contributed by atoms with Crippen molar-refractivity contribution < 1.29 is 23.2 Å². The van der Waals surface area contributed by atoms with Crippen molar-refractivity contribution in [3.8, 4) is 0 Å². The molecule has 1 aromatic rings. The third kappa shape index (κ3) is 4.72. The van der Waals surface area contributed by atoms with Gasteiger partial charge in [-0.2, -0.15) is 0 Å². The average Bonchev–Trinajstić information content (AvgIpc) is 2.37. The highest BCUT2D eigenvalue weighted by Gasteiger charge is 2.16. The zero-order valence-corrected chi connectivity index (χ0v) is 10.2. The van der Waals surface area contributed by atoms with Gasteiger partial charge in [-0.05, 0) is 0 Å². The maximum atomic E-state index is 11.8. The van der Waals surface area contributed by atoms with Crippen LogP contribution in [0.1, 0.15) is 10.4 Å². The smallest absolute Gasteiger partial charge is 0.288 e. The number of amides is 1. The number of rotatable bonds is 7. The highest BCUT2D eigenvalue weighted by molar-refractivity contribution is 5.98. The minimum Gasteiger partial charge on any atom is -0.383 e. The summed E-state index contributed by atoms with van der Waals surface area (Å²) in [5.74, 6) is -0.860. The highest BCUT2D eigenvalue weighted by atomic mass is 19.3. The van der Waals surface area contributed by atoms with E-state index in [1.54, 1.807) is 0 Å². The fourth-order valence-corrected chi connectivity index (χ4v) is 1.25. The van der Waals surface area contributed by atoms with E-state index in [0.29, 0.717) is 0 Å². The van der Waals surface area contributed by atoms with Crippen molar-refractivity contribution in [3.05, 3.63) is 27.9 Å². The second kappa shape index (κ2) is 7.28. The molecule has 0 aliphatic rings. The molecular weight excluding hydrogens is 278 g/mol. The Bertz CT molecular complexity index is 498. The molecule has 0 radical (unpaired) electrons. The second-order valence-corrected chi connectivity index (χ2v) is 3.61. The van der Waals surface area contributed by atoms with Gasteiger partial charge >= 0.3 is 0 Å². The average molecular weight is 290 g/mol. The van der Waals surface area contributed by atoms with E-state index in [1.807, 2.05) is 0 Å². The van der Waals surface area contributed by atoms with E-state index in [9.17, 15) is 23.7 Å². The number of nitro groups is 1. The normalized spacial score (nSPS) is 10.6. The van der Waals surface area contributed by atoms with Crippen LogP contribution in [0.4, 0.5) is 20.3 Å². The van der Waals surface area contributed by atoms with Crippen molar-refractivity contribution >= 4 is 17.4 Å². The number of nitrogen functional groups attached to an aromatic ring is 1. The molecular formula is C10H12F2N4O4. The Hall–Kier alpha value is -2.36. The molecule has 1 rings (SSSR count). The molecule has 0 atom stereocenters. The molecule has 8 nitrogen and oxygen atoms in total. The van der Waals surface area contributed by atoms with Gasteiger partial charge in [0, 0.05) is 12.6 Å². The molecule has 0 fully saturated rings. The molecule has 0 spiro atoms. The standard InChI is InChI=1S/C10H12F2N4O4/c11-8(12)5-20-2-1-14-10(17)7-3-6(16(18)19)4-15-9(7)13/h3-4,8H,1-2,5H2,(H2,13,15)(H,14,17). The van der Waals surface area contributed by atoms with Crippen LogP contribution in [0.5, 0.6) is 0 Å². The molecule has 0 saturated carbocycles. The van der Waals surface area contributed by atoms with Crippen molar-refractivity contribution in [2.24, 2.45) is 0 Å². The SMILES string of the molecule is Nc1ncc([N+](=O)[O-])cc1C(=O)NCCOCC(F)F. The zero-order valence-electron chi connectivity index (χ0n) is 10.2. The van der Waals surface area contributed by atoms with Crippen LogP contribution in [0, 0.1) is 10.1 Å². The molecule has 0 saturated heterocycles. The molecule has 3 N–H and O–H groups in total. The Kier molecular flexibility index (Phi) is 5.72. The lowest BCUT2D eigenvalue weighted by atomic mass is 10.2. The number of nitrogens with zero attached hydrogens (tertiary/aromatic N) is 2. The predicted molar refractivity (Wildman–Crippen MR) is 64.5 cm³/mol. The number of nitrogens with two attached hydrogens (primary N) is 1. The zero-order chi connectivity index (χ0) is 15.1. The van der Waals surface area contributed by atoms with E-state index in [0.717, 1.165) is 12.3 Å². The minimum atomic E-state index is -2.58. The van der Waals surface area contributed by atoms with Crippen LogP contribution in [-0.2, 0) is 4.74 Å². The number of carbonyl (C=O) groups excluding carboxylic acids is 1. The number of hydrogen-bond donors (Lipinski definition) is 2. The number of hydrogen-bond acceptors (Lipinski definition) is 6. The second-order valence-electron chi connectivity index (χ2n) is 3.61. The summed E-state index contributed by atoms with van der Waals surface area (Å²) >= 11 is 0. The molecule has 1 aromatic heterocycles. The first kappa shape index (κ1) is 15.7. The van der Waals surface area contributed by atoms with Gasteiger partial charge in [0.2, 0.25) is 0 Å². The summed E-state index contributed by atoms with van der Waals surface area (Å²) < 4.78 is 28.1. The lowest BCUT2D eigenvalue weighted by Crippen LogP contribution is -2.28. The van der Waals surface area contributed by atoms with Crippen molar-refractivity contribution in [1.82, 2.24) is 10.3 Å². The molecule has 1 amide bonds. The largest absolute Gasteiger partial charge is 0.383 e. The number of alkyl halides is 2. The summed E-state index contributed by atoms with van der Waals surface area (Å²) in [6, 6.07) is 0.984. The molecule has 0 unspecified atom stereocenters. The fraction of sp³-hybridized carbons (Fsp3) is 0.400. The third-order valence-electron chi connectivity index (χ3n) is 2.14. The van der Waals surface area contributed by atoms with Gasteiger partial charge in [0.25, 0.3) is 18.0 Å². The van der Waals surface area contributed by atoms with Crippen LogP contribution in [0.2, 0.25) is 0 Å².